The van der Waals surface area contributed by atoms with Gasteiger partial charge in [-0.1, -0.05) is 22.0 Å². The first-order chi connectivity index (χ1) is 8.15. The Morgan fingerprint density at radius 1 is 1.41 bits per heavy atom. The van der Waals surface area contributed by atoms with Gasteiger partial charge in [-0.15, -0.1) is 11.3 Å². The van der Waals surface area contributed by atoms with Crippen molar-refractivity contribution in [2.75, 3.05) is 0 Å². The Balaban J connectivity index is 1.90. The summed E-state index contributed by atoms with van der Waals surface area (Å²) in [7, 11) is 0. The lowest BCUT2D eigenvalue weighted by molar-refractivity contribution is 0.623. The lowest BCUT2D eigenvalue weighted by atomic mass is 10.2. The maximum absolute atomic E-state index is 12.9. The molecular weight excluding hydrogens is 303 g/mol. The van der Waals surface area contributed by atoms with Crippen LogP contribution in [0.2, 0.25) is 0 Å². The van der Waals surface area contributed by atoms with Gasteiger partial charge >= 0.3 is 0 Å². The number of hydrogen-bond donors (Lipinski definition) is 1. The Kier molecular flexibility index (Phi) is 4.25. The van der Waals surface area contributed by atoms with Crippen molar-refractivity contribution in [1.82, 2.24) is 10.3 Å². The molecule has 0 bridgehead atoms. The van der Waals surface area contributed by atoms with Crippen molar-refractivity contribution >= 4 is 27.3 Å². The molecule has 5 heteroatoms. The summed E-state index contributed by atoms with van der Waals surface area (Å²) < 4.78 is 13.7. The van der Waals surface area contributed by atoms with Gasteiger partial charge in [-0.05, 0) is 24.6 Å². The second-order valence-electron chi connectivity index (χ2n) is 3.70. The molecule has 0 spiro atoms. The van der Waals surface area contributed by atoms with Crippen molar-refractivity contribution in [2.45, 2.75) is 20.0 Å². The van der Waals surface area contributed by atoms with Crippen LogP contribution in [0.25, 0.3) is 0 Å². The SMILES string of the molecule is Cc1nc(CNCc2ccc(F)cc2Br)cs1. The number of rotatable bonds is 4. The van der Waals surface area contributed by atoms with Gasteiger partial charge in [0.15, 0.2) is 0 Å². The number of benzene rings is 1. The number of nitrogens with zero attached hydrogens (tertiary/aromatic N) is 1. The Morgan fingerprint density at radius 3 is 2.88 bits per heavy atom. The summed E-state index contributed by atoms with van der Waals surface area (Å²) in [6.45, 7) is 3.41. The molecule has 1 heterocycles. The Labute approximate surface area is 112 Å². The van der Waals surface area contributed by atoms with Gasteiger partial charge in [0.2, 0.25) is 0 Å². The predicted molar refractivity (Wildman–Crippen MR) is 71.5 cm³/mol. The van der Waals surface area contributed by atoms with Crippen molar-refractivity contribution in [3.63, 3.8) is 0 Å². The Bertz CT molecular complexity index is 513. The van der Waals surface area contributed by atoms with Crippen molar-refractivity contribution in [3.05, 3.63) is 50.1 Å². The first kappa shape index (κ1) is 12.7. The maximum atomic E-state index is 12.9. The lowest BCUT2D eigenvalue weighted by Crippen LogP contribution is -2.13. The van der Waals surface area contributed by atoms with Crippen molar-refractivity contribution in [1.29, 1.82) is 0 Å². The van der Waals surface area contributed by atoms with E-state index in [-0.39, 0.29) is 5.82 Å². The van der Waals surface area contributed by atoms with Crippen LogP contribution in [0.1, 0.15) is 16.3 Å². The summed E-state index contributed by atoms with van der Waals surface area (Å²) in [4.78, 5) is 4.36. The first-order valence-corrected chi connectivity index (χ1v) is 6.88. The molecule has 0 aliphatic carbocycles. The highest BCUT2D eigenvalue weighted by Crippen LogP contribution is 2.18. The average molecular weight is 315 g/mol. The van der Waals surface area contributed by atoms with Crippen molar-refractivity contribution < 1.29 is 4.39 Å². The van der Waals surface area contributed by atoms with E-state index in [0.29, 0.717) is 6.54 Å². The van der Waals surface area contributed by atoms with Crippen LogP contribution < -0.4 is 5.32 Å². The quantitative estimate of drug-likeness (QED) is 0.932. The third-order valence-electron chi connectivity index (χ3n) is 2.30. The van der Waals surface area contributed by atoms with E-state index in [1.165, 1.54) is 12.1 Å². The number of hydrogen-bond acceptors (Lipinski definition) is 3. The minimum atomic E-state index is -0.226. The summed E-state index contributed by atoms with van der Waals surface area (Å²) in [5, 5.41) is 6.40. The topological polar surface area (TPSA) is 24.9 Å². The normalized spacial score (nSPS) is 10.8. The summed E-state index contributed by atoms with van der Waals surface area (Å²) in [5.74, 6) is -0.226. The molecule has 1 aromatic heterocycles. The monoisotopic (exact) mass is 314 g/mol. The van der Waals surface area contributed by atoms with E-state index < -0.39 is 0 Å². The molecule has 2 nitrogen and oxygen atoms in total. The lowest BCUT2D eigenvalue weighted by Gasteiger charge is -2.05. The van der Waals surface area contributed by atoms with Gasteiger partial charge in [0.1, 0.15) is 5.82 Å². The van der Waals surface area contributed by atoms with Crippen LogP contribution >= 0.6 is 27.3 Å². The van der Waals surface area contributed by atoms with E-state index in [1.54, 1.807) is 17.4 Å². The van der Waals surface area contributed by atoms with Crippen LogP contribution in [-0.4, -0.2) is 4.98 Å². The van der Waals surface area contributed by atoms with Gasteiger partial charge in [0, 0.05) is 22.9 Å². The zero-order valence-electron chi connectivity index (χ0n) is 9.34. The van der Waals surface area contributed by atoms with Crippen LogP contribution in [0.15, 0.2) is 28.1 Å². The molecule has 0 atom stereocenters. The second kappa shape index (κ2) is 5.71. The molecule has 0 aliphatic heterocycles. The minimum absolute atomic E-state index is 0.226. The van der Waals surface area contributed by atoms with Crippen LogP contribution in [-0.2, 0) is 13.1 Å². The van der Waals surface area contributed by atoms with E-state index in [9.17, 15) is 4.39 Å². The number of aryl methyl sites for hydroxylation is 1. The van der Waals surface area contributed by atoms with Crippen LogP contribution in [0, 0.1) is 12.7 Å². The fraction of sp³-hybridized carbons (Fsp3) is 0.250. The number of thiazole rings is 1. The van der Waals surface area contributed by atoms with Gasteiger partial charge in [-0.2, -0.15) is 0 Å². The summed E-state index contributed by atoms with van der Waals surface area (Å²) >= 11 is 4.99. The van der Waals surface area contributed by atoms with Gasteiger partial charge in [0.05, 0.1) is 10.7 Å². The molecule has 1 aromatic carbocycles. The Morgan fingerprint density at radius 2 is 2.24 bits per heavy atom. The van der Waals surface area contributed by atoms with Gasteiger partial charge in [0.25, 0.3) is 0 Å². The Hall–Kier alpha value is -0.780. The molecule has 0 aliphatic rings. The molecule has 2 aromatic rings. The van der Waals surface area contributed by atoms with Gasteiger partial charge in [-0.3, -0.25) is 0 Å². The molecular formula is C12H12BrFN2S. The molecule has 0 amide bonds. The standard InChI is InChI=1S/C12H12BrFN2S/c1-8-16-11(7-17-8)6-15-5-9-2-3-10(14)4-12(9)13/h2-4,7,15H,5-6H2,1H3. The number of halogens is 2. The smallest absolute Gasteiger partial charge is 0.124 e. The molecule has 0 unspecified atom stereocenters. The average Bonchev–Trinajstić information content (AvgIpc) is 2.68. The molecule has 0 saturated carbocycles. The highest BCUT2D eigenvalue weighted by Gasteiger charge is 2.02. The highest BCUT2D eigenvalue weighted by atomic mass is 79.9. The largest absolute Gasteiger partial charge is 0.307 e. The van der Waals surface area contributed by atoms with Crippen molar-refractivity contribution in [3.8, 4) is 0 Å². The van der Waals surface area contributed by atoms with Gasteiger partial charge < -0.3 is 5.32 Å². The zero-order chi connectivity index (χ0) is 12.3. The summed E-state index contributed by atoms with van der Waals surface area (Å²) in [6, 6.07) is 4.72. The van der Waals surface area contributed by atoms with Gasteiger partial charge in [-0.25, -0.2) is 9.37 Å². The van der Waals surface area contributed by atoms with E-state index >= 15 is 0 Å². The molecule has 0 radical (unpaired) electrons. The van der Waals surface area contributed by atoms with Crippen molar-refractivity contribution in [2.24, 2.45) is 0 Å². The maximum Gasteiger partial charge on any atom is 0.124 e. The molecule has 90 valence electrons. The minimum Gasteiger partial charge on any atom is -0.307 e. The first-order valence-electron chi connectivity index (χ1n) is 5.21. The van der Waals surface area contributed by atoms with Crippen LogP contribution in [0.3, 0.4) is 0 Å². The molecule has 2 rings (SSSR count). The zero-order valence-corrected chi connectivity index (χ0v) is 11.7. The second-order valence-corrected chi connectivity index (χ2v) is 5.61. The summed E-state index contributed by atoms with van der Waals surface area (Å²) in [5.41, 5.74) is 2.09. The fourth-order valence-electron chi connectivity index (χ4n) is 1.48. The fourth-order valence-corrected chi connectivity index (χ4v) is 2.58. The van der Waals surface area contributed by atoms with E-state index in [2.05, 4.69) is 26.2 Å². The third kappa shape index (κ3) is 3.59. The van der Waals surface area contributed by atoms with Crippen LogP contribution in [0.5, 0.6) is 0 Å². The van der Waals surface area contributed by atoms with Crippen LogP contribution in [0.4, 0.5) is 4.39 Å². The number of aromatic nitrogens is 1. The number of nitrogens with one attached hydrogen (secondary N) is 1. The molecule has 0 fully saturated rings. The third-order valence-corrected chi connectivity index (χ3v) is 3.86. The molecule has 1 N–H and O–H groups in total. The molecule has 0 saturated heterocycles. The van der Waals surface area contributed by atoms with E-state index in [4.69, 9.17) is 0 Å². The predicted octanol–water partition coefficient (Wildman–Crippen LogP) is 3.64. The van der Waals surface area contributed by atoms with E-state index in [0.717, 1.165) is 27.3 Å². The summed E-state index contributed by atoms with van der Waals surface area (Å²) in [6.07, 6.45) is 0. The highest BCUT2D eigenvalue weighted by molar-refractivity contribution is 9.10. The molecule has 17 heavy (non-hydrogen) atoms. The van der Waals surface area contributed by atoms with E-state index in [1.807, 2.05) is 12.3 Å².